The fraction of sp³-hybridized carbons (Fsp3) is 0.400. The van der Waals surface area contributed by atoms with Crippen LogP contribution in [0.4, 0.5) is 0 Å². The van der Waals surface area contributed by atoms with Crippen molar-refractivity contribution in [1.29, 1.82) is 0 Å². The summed E-state index contributed by atoms with van der Waals surface area (Å²) < 4.78 is 0. The molecule has 1 aliphatic heterocycles. The third-order valence-corrected chi connectivity index (χ3v) is 5.71. The molecule has 1 aromatic carbocycles. The van der Waals surface area contributed by atoms with Gasteiger partial charge in [0.15, 0.2) is 0 Å². The summed E-state index contributed by atoms with van der Waals surface area (Å²) in [5.41, 5.74) is 1.51. The minimum absolute atomic E-state index is 0. The summed E-state index contributed by atoms with van der Waals surface area (Å²) in [6.07, 6.45) is 1.23. The van der Waals surface area contributed by atoms with Crippen LogP contribution in [0.25, 0.3) is 0 Å². The van der Waals surface area contributed by atoms with Gasteiger partial charge in [-0.15, -0.1) is 12.4 Å². The Balaban J connectivity index is 0.000000845. The molecule has 0 amide bonds. The van der Waals surface area contributed by atoms with Crippen molar-refractivity contribution >= 4 is 25.7 Å². The highest BCUT2D eigenvalue weighted by Crippen LogP contribution is 2.10. The molecule has 72 valence electrons. The topological polar surface area (TPSA) is 12.0 Å². The molecule has 1 aliphatic rings. The quantitative estimate of drug-likeness (QED) is 0.647. The molecule has 1 nitrogen and oxygen atoms in total. The van der Waals surface area contributed by atoms with Crippen LogP contribution in [0.2, 0.25) is 13.1 Å². The second kappa shape index (κ2) is 3.82. The normalized spacial score (nSPS) is 18.6. The lowest BCUT2D eigenvalue weighted by molar-refractivity contribution is 0.767. The van der Waals surface area contributed by atoms with Gasteiger partial charge < -0.3 is 5.32 Å². The van der Waals surface area contributed by atoms with Crippen molar-refractivity contribution in [2.24, 2.45) is 0 Å². The van der Waals surface area contributed by atoms with Crippen LogP contribution < -0.4 is 10.5 Å². The van der Waals surface area contributed by atoms with Gasteiger partial charge in [0.05, 0.1) is 8.07 Å². The molecule has 0 aliphatic carbocycles. The van der Waals surface area contributed by atoms with Gasteiger partial charge in [-0.2, -0.15) is 0 Å². The largest absolute Gasteiger partial charge is 0.315 e. The van der Waals surface area contributed by atoms with Crippen LogP contribution in [0.5, 0.6) is 0 Å². The van der Waals surface area contributed by atoms with Crippen LogP contribution in [0.15, 0.2) is 24.3 Å². The zero-order valence-corrected chi connectivity index (χ0v) is 9.95. The molecule has 0 atom stereocenters. The highest BCUT2D eigenvalue weighted by atomic mass is 35.5. The van der Waals surface area contributed by atoms with E-state index in [9.17, 15) is 0 Å². The van der Waals surface area contributed by atoms with Crippen LogP contribution in [0, 0.1) is 0 Å². The minimum Gasteiger partial charge on any atom is -0.315 e. The molecule has 0 saturated carbocycles. The maximum atomic E-state index is 3.49. The Morgan fingerprint density at radius 2 is 1.92 bits per heavy atom. The molecule has 13 heavy (non-hydrogen) atoms. The fourth-order valence-electron chi connectivity index (χ4n) is 1.94. The van der Waals surface area contributed by atoms with Crippen molar-refractivity contribution in [3.05, 3.63) is 29.8 Å². The molecular formula is C10H16ClNSi. The van der Waals surface area contributed by atoms with E-state index in [0.717, 1.165) is 6.54 Å². The van der Waals surface area contributed by atoms with Crippen molar-refractivity contribution < 1.29 is 0 Å². The summed E-state index contributed by atoms with van der Waals surface area (Å²) in [7, 11) is -1.12. The Morgan fingerprint density at radius 1 is 1.23 bits per heavy atom. The molecule has 0 spiro atoms. The van der Waals surface area contributed by atoms with E-state index in [1.165, 1.54) is 11.7 Å². The maximum absolute atomic E-state index is 3.49. The van der Waals surface area contributed by atoms with E-state index in [1.807, 2.05) is 0 Å². The van der Waals surface area contributed by atoms with Crippen LogP contribution in [-0.4, -0.2) is 14.2 Å². The highest BCUT2D eigenvalue weighted by Gasteiger charge is 2.28. The number of rotatable bonds is 0. The summed E-state index contributed by atoms with van der Waals surface area (Å²) >= 11 is 0. The van der Waals surface area contributed by atoms with Gasteiger partial charge in [0.25, 0.3) is 0 Å². The molecule has 0 unspecified atom stereocenters. The predicted molar refractivity (Wildman–Crippen MR) is 62.5 cm³/mol. The van der Waals surface area contributed by atoms with Gasteiger partial charge in [0.2, 0.25) is 0 Å². The van der Waals surface area contributed by atoms with E-state index < -0.39 is 8.07 Å². The Labute approximate surface area is 87.0 Å². The van der Waals surface area contributed by atoms with Gasteiger partial charge >= 0.3 is 0 Å². The van der Waals surface area contributed by atoms with E-state index in [-0.39, 0.29) is 12.4 Å². The van der Waals surface area contributed by atoms with Crippen LogP contribution in [0.3, 0.4) is 0 Å². The number of hydrogen-bond acceptors (Lipinski definition) is 1. The van der Waals surface area contributed by atoms with E-state index in [2.05, 4.69) is 42.7 Å². The standard InChI is InChI=1S/C10H15NSi.ClH/c1-12(2)8-11-7-9-5-3-4-6-10(9)12;/h3-6,11H,7-8H2,1-2H3;1H. The van der Waals surface area contributed by atoms with Crippen molar-refractivity contribution in [3.63, 3.8) is 0 Å². The summed E-state index contributed by atoms with van der Waals surface area (Å²) in [5.74, 6) is 0. The van der Waals surface area contributed by atoms with Crippen LogP contribution in [-0.2, 0) is 6.54 Å². The second-order valence-corrected chi connectivity index (χ2v) is 8.80. The van der Waals surface area contributed by atoms with Crippen molar-refractivity contribution in [1.82, 2.24) is 5.32 Å². The smallest absolute Gasteiger partial charge is 0.0949 e. The number of nitrogens with one attached hydrogen (secondary N) is 1. The summed E-state index contributed by atoms with van der Waals surface area (Å²) in [5, 5.41) is 5.14. The van der Waals surface area contributed by atoms with Crippen LogP contribution >= 0.6 is 12.4 Å². The average Bonchev–Trinajstić information content (AvgIpc) is 2.04. The first-order valence-corrected chi connectivity index (χ1v) is 7.70. The molecule has 0 bridgehead atoms. The Hall–Kier alpha value is -0.313. The molecule has 0 aromatic heterocycles. The lowest BCUT2D eigenvalue weighted by Crippen LogP contribution is -2.56. The lowest BCUT2D eigenvalue weighted by atomic mass is 10.2. The molecule has 0 radical (unpaired) electrons. The van der Waals surface area contributed by atoms with E-state index in [0.29, 0.717) is 0 Å². The summed E-state index contributed by atoms with van der Waals surface area (Å²) in [4.78, 5) is 0. The van der Waals surface area contributed by atoms with Gasteiger partial charge in [-0.25, -0.2) is 0 Å². The molecule has 1 aromatic rings. The third-order valence-electron chi connectivity index (χ3n) is 2.63. The number of fused-ring (bicyclic) bond motifs is 1. The highest BCUT2D eigenvalue weighted by molar-refractivity contribution is 6.90. The van der Waals surface area contributed by atoms with Crippen molar-refractivity contribution in [2.45, 2.75) is 19.6 Å². The summed E-state index contributed by atoms with van der Waals surface area (Å²) in [6, 6.07) is 8.86. The fourth-order valence-corrected chi connectivity index (χ4v) is 4.47. The molecule has 2 rings (SSSR count). The molecule has 1 heterocycles. The van der Waals surface area contributed by atoms with Gasteiger partial charge in [0.1, 0.15) is 0 Å². The monoisotopic (exact) mass is 213 g/mol. The van der Waals surface area contributed by atoms with E-state index >= 15 is 0 Å². The number of halogens is 1. The molecule has 3 heteroatoms. The zero-order valence-electron chi connectivity index (χ0n) is 8.13. The van der Waals surface area contributed by atoms with Crippen LogP contribution in [0.1, 0.15) is 5.56 Å². The summed E-state index contributed by atoms with van der Waals surface area (Å²) in [6.45, 7) is 5.92. The van der Waals surface area contributed by atoms with Gasteiger partial charge in [-0.05, 0) is 11.7 Å². The molecular weight excluding hydrogens is 198 g/mol. The number of benzene rings is 1. The van der Waals surface area contributed by atoms with E-state index in [4.69, 9.17) is 0 Å². The first-order valence-electron chi connectivity index (χ1n) is 4.49. The van der Waals surface area contributed by atoms with Gasteiger partial charge in [0, 0.05) is 6.54 Å². The SMILES string of the molecule is C[Si]1(C)CNCc2ccccc21.Cl. The van der Waals surface area contributed by atoms with Crippen molar-refractivity contribution in [2.75, 3.05) is 6.17 Å². The maximum Gasteiger partial charge on any atom is 0.0949 e. The third kappa shape index (κ3) is 1.95. The predicted octanol–water partition coefficient (Wildman–Crippen LogP) is 1.67. The Kier molecular flexibility index (Phi) is 3.17. The Bertz CT molecular complexity index is 299. The first kappa shape index (κ1) is 10.8. The average molecular weight is 214 g/mol. The van der Waals surface area contributed by atoms with Gasteiger partial charge in [-0.3, -0.25) is 0 Å². The Morgan fingerprint density at radius 3 is 2.62 bits per heavy atom. The van der Waals surface area contributed by atoms with E-state index in [1.54, 1.807) is 5.19 Å². The lowest BCUT2D eigenvalue weighted by Gasteiger charge is -2.31. The van der Waals surface area contributed by atoms with Crippen molar-refractivity contribution in [3.8, 4) is 0 Å². The first-order chi connectivity index (χ1) is 5.70. The molecule has 0 fully saturated rings. The molecule has 0 saturated heterocycles. The number of hydrogen-bond donors (Lipinski definition) is 1. The molecule has 1 N–H and O–H groups in total. The van der Waals surface area contributed by atoms with Gasteiger partial charge in [-0.1, -0.05) is 42.5 Å². The second-order valence-electron chi connectivity index (χ2n) is 4.14. The zero-order chi connectivity index (χ0) is 8.60. The minimum atomic E-state index is -1.12.